The van der Waals surface area contributed by atoms with Crippen LogP contribution in [0.3, 0.4) is 0 Å². The number of urea groups is 1. The van der Waals surface area contributed by atoms with Gasteiger partial charge in [0.25, 0.3) is 0 Å². The SMILES string of the molecule is COc1ccc2c(c1)CN(C(=O)NCC(c1ccc(O)cc1)N(C)C)C2. The van der Waals surface area contributed by atoms with Crippen LogP contribution in [0, 0.1) is 0 Å². The molecular weight excluding hydrogens is 330 g/mol. The van der Waals surface area contributed by atoms with Crippen LogP contribution in [0.25, 0.3) is 0 Å². The van der Waals surface area contributed by atoms with E-state index >= 15 is 0 Å². The smallest absolute Gasteiger partial charge is 0.318 e. The number of hydrogen-bond acceptors (Lipinski definition) is 4. The number of likely N-dealkylation sites (N-methyl/N-ethyl adjacent to an activating group) is 1. The molecule has 0 aromatic heterocycles. The number of rotatable bonds is 5. The molecule has 1 aliphatic rings. The van der Waals surface area contributed by atoms with Crippen LogP contribution in [0.2, 0.25) is 0 Å². The lowest BCUT2D eigenvalue weighted by Gasteiger charge is -2.26. The van der Waals surface area contributed by atoms with Crippen molar-refractivity contribution in [1.82, 2.24) is 15.1 Å². The molecule has 6 nitrogen and oxygen atoms in total. The lowest BCUT2D eigenvalue weighted by atomic mass is 10.1. The van der Waals surface area contributed by atoms with E-state index in [-0.39, 0.29) is 17.8 Å². The molecule has 0 saturated heterocycles. The fourth-order valence-corrected chi connectivity index (χ4v) is 3.23. The van der Waals surface area contributed by atoms with Crippen molar-refractivity contribution in [2.45, 2.75) is 19.1 Å². The summed E-state index contributed by atoms with van der Waals surface area (Å²) in [4.78, 5) is 16.5. The molecule has 6 heteroatoms. The third kappa shape index (κ3) is 3.91. The molecular formula is C20H25N3O3. The number of phenols is 1. The van der Waals surface area contributed by atoms with E-state index in [0.717, 1.165) is 22.4 Å². The number of amides is 2. The van der Waals surface area contributed by atoms with Crippen molar-refractivity contribution in [3.63, 3.8) is 0 Å². The van der Waals surface area contributed by atoms with Gasteiger partial charge in [-0.05, 0) is 55.1 Å². The summed E-state index contributed by atoms with van der Waals surface area (Å²) < 4.78 is 5.26. The minimum absolute atomic E-state index is 0.0321. The van der Waals surface area contributed by atoms with Gasteiger partial charge in [0.15, 0.2) is 0 Å². The van der Waals surface area contributed by atoms with Gasteiger partial charge in [0.2, 0.25) is 0 Å². The van der Waals surface area contributed by atoms with Crippen LogP contribution in [-0.2, 0) is 13.1 Å². The van der Waals surface area contributed by atoms with Crippen LogP contribution >= 0.6 is 0 Å². The van der Waals surface area contributed by atoms with Crippen molar-refractivity contribution in [2.24, 2.45) is 0 Å². The molecule has 138 valence electrons. The molecule has 26 heavy (non-hydrogen) atoms. The van der Waals surface area contributed by atoms with Crippen molar-refractivity contribution in [3.05, 3.63) is 59.2 Å². The van der Waals surface area contributed by atoms with E-state index in [1.165, 1.54) is 0 Å². The topological polar surface area (TPSA) is 65.0 Å². The molecule has 1 atom stereocenters. The number of carbonyl (C=O) groups excluding carboxylic acids is 1. The Bertz CT molecular complexity index is 774. The van der Waals surface area contributed by atoms with Crippen molar-refractivity contribution in [2.75, 3.05) is 27.7 Å². The van der Waals surface area contributed by atoms with Gasteiger partial charge in [0.1, 0.15) is 11.5 Å². The molecule has 0 radical (unpaired) electrons. The Labute approximate surface area is 154 Å². The van der Waals surface area contributed by atoms with Crippen LogP contribution in [0.1, 0.15) is 22.7 Å². The molecule has 0 spiro atoms. The van der Waals surface area contributed by atoms with Gasteiger partial charge >= 0.3 is 6.03 Å². The summed E-state index contributed by atoms with van der Waals surface area (Å²) in [5.74, 6) is 1.05. The third-order valence-corrected chi connectivity index (χ3v) is 4.77. The van der Waals surface area contributed by atoms with E-state index in [0.29, 0.717) is 19.6 Å². The highest BCUT2D eigenvalue weighted by Gasteiger charge is 2.24. The summed E-state index contributed by atoms with van der Waals surface area (Å²) in [6.45, 7) is 1.69. The summed E-state index contributed by atoms with van der Waals surface area (Å²) in [6.07, 6.45) is 0. The molecule has 0 fully saturated rings. The molecule has 0 saturated carbocycles. The minimum Gasteiger partial charge on any atom is -0.508 e. The molecule has 1 unspecified atom stereocenters. The lowest BCUT2D eigenvalue weighted by molar-refractivity contribution is 0.193. The maximum atomic E-state index is 12.6. The summed E-state index contributed by atoms with van der Waals surface area (Å²) in [7, 11) is 5.59. The molecule has 2 aromatic rings. The summed E-state index contributed by atoms with van der Waals surface area (Å²) in [6, 6.07) is 13.0. The van der Waals surface area contributed by atoms with Crippen LogP contribution in [0.4, 0.5) is 4.79 Å². The first kappa shape index (κ1) is 18.1. The van der Waals surface area contributed by atoms with Gasteiger partial charge in [0.05, 0.1) is 13.2 Å². The number of benzene rings is 2. The van der Waals surface area contributed by atoms with E-state index in [2.05, 4.69) is 10.2 Å². The second-order valence-electron chi connectivity index (χ2n) is 6.75. The minimum atomic E-state index is -0.0780. The Morgan fingerprint density at radius 3 is 2.54 bits per heavy atom. The first-order chi connectivity index (χ1) is 12.5. The van der Waals surface area contributed by atoms with Crippen LogP contribution < -0.4 is 10.1 Å². The predicted octanol–water partition coefficient (Wildman–Crippen LogP) is 2.73. The Balaban J connectivity index is 1.62. The number of nitrogens with one attached hydrogen (secondary N) is 1. The zero-order valence-electron chi connectivity index (χ0n) is 15.4. The average molecular weight is 355 g/mol. The van der Waals surface area contributed by atoms with Gasteiger partial charge in [-0.2, -0.15) is 0 Å². The Morgan fingerprint density at radius 1 is 1.19 bits per heavy atom. The summed E-state index contributed by atoms with van der Waals surface area (Å²) in [5, 5.41) is 12.5. The Hall–Kier alpha value is -2.73. The zero-order chi connectivity index (χ0) is 18.7. The number of fused-ring (bicyclic) bond motifs is 1. The number of methoxy groups -OCH3 is 1. The predicted molar refractivity (Wildman–Crippen MR) is 100 cm³/mol. The van der Waals surface area contributed by atoms with E-state index in [4.69, 9.17) is 4.74 Å². The molecule has 3 rings (SSSR count). The molecule has 0 aliphatic carbocycles. The first-order valence-electron chi connectivity index (χ1n) is 8.62. The number of aromatic hydroxyl groups is 1. The molecule has 2 amide bonds. The number of nitrogens with zero attached hydrogens (tertiary/aromatic N) is 2. The van der Waals surface area contributed by atoms with Gasteiger partial charge < -0.3 is 25.0 Å². The van der Waals surface area contributed by atoms with Gasteiger partial charge in [-0.25, -0.2) is 4.79 Å². The van der Waals surface area contributed by atoms with Gasteiger partial charge in [-0.15, -0.1) is 0 Å². The standard InChI is InChI=1S/C20H25N3O3/c1-22(2)19(14-4-7-17(24)8-5-14)11-21-20(25)23-12-15-6-9-18(26-3)10-16(15)13-23/h4-10,19,24H,11-13H2,1-3H3,(H,21,25). The number of ether oxygens (including phenoxy) is 1. The summed E-state index contributed by atoms with van der Waals surface area (Å²) in [5.41, 5.74) is 3.33. The van der Waals surface area contributed by atoms with Crippen molar-refractivity contribution in [3.8, 4) is 11.5 Å². The van der Waals surface area contributed by atoms with E-state index in [1.54, 1.807) is 24.1 Å². The lowest BCUT2D eigenvalue weighted by Crippen LogP contribution is -2.41. The molecule has 1 aliphatic heterocycles. The third-order valence-electron chi connectivity index (χ3n) is 4.77. The fourth-order valence-electron chi connectivity index (χ4n) is 3.23. The quantitative estimate of drug-likeness (QED) is 0.866. The zero-order valence-corrected chi connectivity index (χ0v) is 15.4. The normalized spacial score (nSPS) is 14.2. The van der Waals surface area contributed by atoms with E-state index in [9.17, 15) is 9.90 Å². The highest BCUT2D eigenvalue weighted by molar-refractivity contribution is 5.75. The van der Waals surface area contributed by atoms with E-state index < -0.39 is 0 Å². The Kier molecular flexibility index (Phi) is 5.32. The number of carbonyl (C=O) groups is 1. The van der Waals surface area contributed by atoms with Crippen molar-refractivity contribution >= 4 is 6.03 Å². The van der Waals surface area contributed by atoms with Crippen LogP contribution in [0.15, 0.2) is 42.5 Å². The summed E-state index contributed by atoms with van der Waals surface area (Å²) >= 11 is 0. The van der Waals surface area contributed by atoms with Gasteiger partial charge in [0, 0.05) is 19.6 Å². The highest BCUT2D eigenvalue weighted by atomic mass is 16.5. The highest BCUT2D eigenvalue weighted by Crippen LogP contribution is 2.27. The molecule has 0 bridgehead atoms. The van der Waals surface area contributed by atoms with E-state index in [1.807, 2.05) is 44.4 Å². The molecule has 2 aromatic carbocycles. The van der Waals surface area contributed by atoms with Crippen molar-refractivity contribution in [1.29, 1.82) is 0 Å². The van der Waals surface area contributed by atoms with Gasteiger partial charge in [-0.3, -0.25) is 0 Å². The number of hydrogen-bond donors (Lipinski definition) is 2. The van der Waals surface area contributed by atoms with Gasteiger partial charge in [-0.1, -0.05) is 18.2 Å². The second-order valence-corrected chi connectivity index (χ2v) is 6.75. The Morgan fingerprint density at radius 2 is 1.88 bits per heavy atom. The average Bonchev–Trinajstić information content (AvgIpc) is 3.06. The van der Waals surface area contributed by atoms with Crippen molar-refractivity contribution < 1.29 is 14.6 Å². The molecule has 2 N–H and O–H groups in total. The fraction of sp³-hybridized carbons (Fsp3) is 0.350. The first-order valence-corrected chi connectivity index (χ1v) is 8.62. The van der Waals surface area contributed by atoms with Crippen LogP contribution in [-0.4, -0.2) is 48.7 Å². The second kappa shape index (κ2) is 7.66. The maximum absolute atomic E-state index is 12.6. The van der Waals surface area contributed by atoms with Crippen LogP contribution in [0.5, 0.6) is 11.5 Å². The maximum Gasteiger partial charge on any atom is 0.318 e. The monoisotopic (exact) mass is 355 g/mol. The largest absolute Gasteiger partial charge is 0.508 e. The number of phenolic OH excluding ortho intramolecular Hbond substituents is 1. The molecule has 1 heterocycles.